The predicted molar refractivity (Wildman–Crippen MR) is 79.9 cm³/mol. The number of ether oxygens (including phenoxy) is 2. The van der Waals surface area contributed by atoms with E-state index in [0.29, 0.717) is 19.7 Å². The molecule has 0 aromatic heterocycles. The molecule has 0 saturated carbocycles. The number of benzene rings is 1. The Morgan fingerprint density at radius 2 is 2.05 bits per heavy atom. The molecule has 0 aliphatic rings. The summed E-state index contributed by atoms with van der Waals surface area (Å²) in [7, 11) is 1.67. The van der Waals surface area contributed by atoms with Crippen molar-refractivity contribution in [3.8, 4) is 5.75 Å². The molecule has 20 heavy (non-hydrogen) atoms. The molecule has 0 N–H and O–H groups in total. The quantitative estimate of drug-likeness (QED) is 0.719. The van der Waals surface area contributed by atoms with Crippen LogP contribution in [0.4, 0.5) is 0 Å². The fourth-order valence-electron chi connectivity index (χ4n) is 2.04. The van der Waals surface area contributed by atoms with Crippen LogP contribution in [0.25, 0.3) is 0 Å². The second-order valence-corrected chi connectivity index (χ2v) is 5.12. The lowest BCUT2D eigenvalue weighted by molar-refractivity contribution is -0.145. The van der Waals surface area contributed by atoms with Gasteiger partial charge >= 0.3 is 5.97 Å². The second-order valence-electron chi connectivity index (χ2n) is 5.12. The van der Waals surface area contributed by atoms with Crippen molar-refractivity contribution < 1.29 is 14.3 Å². The number of hydrogen-bond donors (Lipinski definition) is 0. The molecular formula is C16H25NO3. The summed E-state index contributed by atoms with van der Waals surface area (Å²) in [4.78, 5) is 13.8. The maximum absolute atomic E-state index is 11.7. The molecule has 0 atom stereocenters. The largest absolute Gasteiger partial charge is 0.496 e. The molecule has 1 rings (SSSR count). The molecule has 0 heterocycles. The molecule has 1 aromatic rings. The van der Waals surface area contributed by atoms with E-state index >= 15 is 0 Å². The number of esters is 1. The fourth-order valence-corrected chi connectivity index (χ4v) is 2.04. The van der Waals surface area contributed by atoms with E-state index in [-0.39, 0.29) is 12.0 Å². The highest BCUT2D eigenvalue weighted by Crippen LogP contribution is 2.22. The van der Waals surface area contributed by atoms with Crippen molar-refractivity contribution in [1.29, 1.82) is 0 Å². The smallest absolute Gasteiger partial charge is 0.320 e. The van der Waals surface area contributed by atoms with Crippen molar-refractivity contribution in [2.45, 2.75) is 40.3 Å². The van der Waals surface area contributed by atoms with E-state index in [2.05, 4.69) is 24.8 Å². The lowest BCUT2D eigenvalue weighted by atomic mass is 10.1. The monoisotopic (exact) mass is 279 g/mol. The van der Waals surface area contributed by atoms with Crippen LogP contribution in [0, 0.1) is 6.92 Å². The van der Waals surface area contributed by atoms with Crippen LogP contribution in [-0.4, -0.2) is 37.2 Å². The van der Waals surface area contributed by atoms with Crippen molar-refractivity contribution in [2.24, 2.45) is 0 Å². The number of hydrogen-bond acceptors (Lipinski definition) is 4. The first-order chi connectivity index (χ1) is 9.47. The van der Waals surface area contributed by atoms with Crippen LogP contribution in [0.5, 0.6) is 5.75 Å². The Bertz CT molecular complexity index is 443. The van der Waals surface area contributed by atoms with E-state index in [1.54, 1.807) is 7.11 Å². The molecule has 0 amide bonds. The van der Waals surface area contributed by atoms with E-state index in [9.17, 15) is 4.79 Å². The third kappa shape index (κ3) is 4.85. The van der Waals surface area contributed by atoms with Gasteiger partial charge in [0.15, 0.2) is 0 Å². The van der Waals surface area contributed by atoms with Gasteiger partial charge < -0.3 is 9.47 Å². The Hall–Kier alpha value is -1.55. The first kappa shape index (κ1) is 16.5. The van der Waals surface area contributed by atoms with Gasteiger partial charge in [0.25, 0.3) is 0 Å². The molecule has 4 nitrogen and oxygen atoms in total. The number of aryl methyl sites for hydroxylation is 1. The van der Waals surface area contributed by atoms with Crippen molar-refractivity contribution in [2.75, 3.05) is 20.3 Å². The molecule has 0 bridgehead atoms. The van der Waals surface area contributed by atoms with Gasteiger partial charge in [0.1, 0.15) is 5.75 Å². The van der Waals surface area contributed by atoms with Gasteiger partial charge in [-0.25, -0.2) is 0 Å². The minimum atomic E-state index is -0.187. The molecule has 0 saturated heterocycles. The molecule has 1 aromatic carbocycles. The van der Waals surface area contributed by atoms with E-state index in [1.807, 2.05) is 26.0 Å². The molecule has 0 aliphatic carbocycles. The Balaban J connectivity index is 2.85. The summed E-state index contributed by atoms with van der Waals surface area (Å²) in [5.74, 6) is 0.665. The molecule has 0 radical (unpaired) electrons. The van der Waals surface area contributed by atoms with Crippen LogP contribution in [0.3, 0.4) is 0 Å². The van der Waals surface area contributed by atoms with Gasteiger partial charge in [-0.2, -0.15) is 0 Å². The van der Waals surface area contributed by atoms with E-state index in [1.165, 1.54) is 5.56 Å². The highest BCUT2D eigenvalue weighted by atomic mass is 16.5. The van der Waals surface area contributed by atoms with Crippen LogP contribution in [0.15, 0.2) is 18.2 Å². The average molecular weight is 279 g/mol. The first-order valence-corrected chi connectivity index (χ1v) is 7.01. The van der Waals surface area contributed by atoms with Gasteiger partial charge in [-0.05, 0) is 33.8 Å². The number of carbonyl (C=O) groups excluding carboxylic acids is 1. The first-order valence-electron chi connectivity index (χ1n) is 7.01. The molecular weight excluding hydrogens is 254 g/mol. The number of methoxy groups -OCH3 is 1. The van der Waals surface area contributed by atoms with E-state index in [0.717, 1.165) is 11.3 Å². The normalized spacial score (nSPS) is 10.9. The van der Waals surface area contributed by atoms with Crippen LogP contribution in [-0.2, 0) is 16.1 Å². The van der Waals surface area contributed by atoms with Gasteiger partial charge in [0.2, 0.25) is 0 Å². The molecule has 4 heteroatoms. The molecule has 0 aliphatic heterocycles. The summed E-state index contributed by atoms with van der Waals surface area (Å²) in [5, 5.41) is 0. The third-order valence-corrected chi connectivity index (χ3v) is 3.18. The van der Waals surface area contributed by atoms with Gasteiger partial charge in [-0.3, -0.25) is 9.69 Å². The van der Waals surface area contributed by atoms with E-state index in [4.69, 9.17) is 9.47 Å². The summed E-state index contributed by atoms with van der Waals surface area (Å²) in [5.41, 5.74) is 2.27. The summed E-state index contributed by atoms with van der Waals surface area (Å²) in [6.07, 6.45) is 0. The fraction of sp³-hybridized carbons (Fsp3) is 0.562. The van der Waals surface area contributed by atoms with Gasteiger partial charge in [0, 0.05) is 18.2 Å². The summed E-state index contributed by atoms with van der Waals surface area (Å²) in [6, 6.07) is 6.34. The lowest BCUT2D eigenvalue weighted by Gasteiger charge is -2.26. The Morgan fingerprint density at radius 3 is 2.60 bits per heavy atom. The molecule has 0 spiro atoms. The van der Waals surface area contributed by atoms with Gasteiger partial charge in [0.05, 0.1) is 20.3 Å². The van der Waals surface area contributed by atoms with Crippen molar-refractivity contribution in [3.05, 3.63) is 29.3 Å². The molecule has 0 fully saturated rings. The minimum Gasteiger partial charge on any atom is -0.496 e. The highest BCUT2D eigenvalue weighted by Gasteiger charge is 2.17. The average Bonchev–Trinajstić information content (AvgIpc) is 2.38. The maximum Gasteiger partial charge on any atom is 0.320 e. The van der Waals surface area contributed by atoms with Crippen molar-refractivity contribution in [3.63, 3.8) is 0 Å². The summed E-state index contributed by atoms with van der Waals surface area (Å²) < 4.78 is 10.4. The predicted octanol–water partition coefficient (Wildman–Crippen LogP) is 2.78. The number of nitrogens with zero attached hydrogens (tertiary/aromatic N) is 1. The summed E-state index contributed by atoms with van der Waals surface area (Å²) in [6.45, 7) is 9.39. The lowest BCUT2D eigenvalue weighted by Crippen LogP contribution is -2.36. The third-order valence-electron chi connectivity index (χ3n) is 3.18. The summed E-state index contributed by atoms with van der Waals surface area (Å²) >= 11 is 0. The van der Waals surface area contributed by atoms with Crippen LogP contribution >= 0.6 is 0 Å². The zero-order chi connectivity index (χ0) is 15.1. The Kier molecular flexibility index (Phi) is 6.52. The Morgan fingerprint density at radius 1 is 1.35 bits per heavy atom. The Labute approximate surface area is 121 Å². The molecule has 112 valence electrons. The minimum absolute atomic E-state index is 0.187. The second kappa shape index (κ2) is 7.90. The number of rotatable bonds is 7. The zero-order valence-electron chi connectivity index (χ0n) is 13.1. The van der Waals surface area contributed by atoms with Crippen LogP contribution < -0.4 is 4.74 Å². The zero-order valence-corrected chi connectivity index (χ0v) is 13.1. The SMILES string of the molecule is CCOC(=O)CN(Cc1cc(C)ccc1OC)C(C)C. The topological polar surface area (TPSA) is 38.8 Å². The van der Waals surface area contributed by atoms with Crippen LogP contribution in [0.2, 0.25) is 0 Å². The maximum atomic E-state index is 11.7. The number of carbonyl (C=O) groups is 1. The van der Waals surface area contributed by atoms with Gasteiger partial charge in [-0.15, -0.1) is 0 Å². The standard InChI is InChI=1S/C16H25NO3/c1-6-20-16(18)11-17(12(2)3)10-14-9-13(4)7-8-15(14)19-5/h7-9,12H,6,10-11H2,1-5H3. The molecule has 0 unspecified atom stereocenters. The van der Waals surface area contributed by atoms with Crippen LogP contribution in [0.1, 0.15) is 31.9 Å². The van der Waals surface area contributed by atoms with Gasteiger partial charge in [-0.1, -0.05) is 17.7 Å². The van der Waals surface area contributed by atoms with E-state index < -0.39 is 0 Å². The van der Waals surface area contributed by atoms with Crippen molar-refractivity contribution >= 4 is 5.97 Å². The van der Waals surface area contributed by atoms with Crippen molar-refractivity contribution in [1.82, 2.24) is 4.90 Å². The highest BCUT2D eigenvalue weighted by molar-refractivity contribution is 5.71.